The topological polar surface area (TPSA) is 108 Å². The van der Waals surface area contributed by atoms with Crippen LogP contribution >= 0.6 is 0 Å². The first-order valence-electron chi connectivity index (χ1n) is 6.34. The van der Waals surface area contributed by atoms with Crippen LogP contribution in [0.1, 0.15) is 39.2 Å². The molecule has 1 rings (SSSR count). The summed E-state index contributed by atoms with van der Waals surface area (Å²) in [7, 11) is 0. The van der Waals surface area contributed by atoms with Crippen LogP contribution in [0, 0.1) is 6.92 Å². The molecule has 118 valence electrons. The first kappa shape index (κ1) is 16.8. The van der Waals surface area contributed by atoms with Gasteiger partial charge in [-0.3, -0.25) is 0 Å². The average Bonchev–Trinajstić information content (AvgIpc) is 2.62. The molecule has 1 N–H and O–H groups in total. The minimum absolute atomic E-state index is 0.123. The fourth-order valence-electron chi connectivity index (χ4n) is 1.31. The first-order chi connectivity index (χ1) is 9.58. The lowest BCUT2D eigenvalue weighted by molar-refractivity contribution is -0.147. The summed E-state index contributed by atoms with van der Waals surface area (Å²) in [6.45, 7) is 7.83. The third-order valence-corrected chi connectivity index (χ3v) is 2.27. The van der Waals surface area contributed by atoms with Crippen LogP contribution in [0.15, 0.2) is 13.6 Å². The first-order valence-corrected chi connectivity index (χ1v) is 6.34. The molecule has 1 heterocycles. The number of hydrogen-bond acceptors (Lipinski definition) is 7. The molecule has 0 aliphatic heterocycles. The molecule has 0 bridgehead atoms. The molecule has 0 saturated carbocycles. The Hall–Kier alpha value is -2.25. The molecule has 8 heteroatoms. The van der Waals surface area contributed by atoms with Gasteiger partial charge in [0.1, 0.15) is 11.6 Å². The van der Waals surface area contributed by atoms with Crippen molar-refractivity contribution in [2.45, 2.75) is 52.9 Å². The van der Waals surface area contributed by atoms with Gasteiger partial charge in [0, 0.05) is 0 Å². The Labute approximate surface area is 121 Å². The summed E-state index contributed by atoms with van der Waals surface area (Å²) in [6, 6.07) is -0.904. The lowest BCUT2D eigenvalue weighted by atomic mass is 10.2. The molecular weight excluding hydrogens is 282 g/mol. The van der Waals surface area contributed by atoms with Crippen LogP contribution < -0.4 is 11.1 Å². The van der Waals surface area contributed by atoms with Crippen molar-refractivity contribution in [3.8, 4) is 0 Å². The number of aryl methyl sites for hydroxylation is 1. The fourth-order valence-corrected chi connectivity index (χ4v) is 1.31. The second-order valence-corrected chi connectivity index (χ2v) is 5.41. The molecule has 1 aromatic heterocycles. The van der Waals surface area contributed by atoms with Crippen LogP contribution in [0.5, 0.6) is 0 Å². The van der Waals surface area contributed by atoms with Crippen molar-refractivity contribution in [3.63, 3.8) is 0 Å². The Morgan fingerprint density at radius 1 is 1.29 bits per heavy atom. The van der Waals surface area contributed by atoms with Crippen LogP contribution in [0.2, 0.25) is 0 Å². The van der Waals surface area contributed by atoms with E-state index in [4.69, 9.17) is 9.47 Å². The summed E-state index contributed by atoms with van der Waals surface area (Å²) in [5.74, 6) is -1.19. The number of carbonyl (C=O) groups excluding carboxylic acids is 2. The highest BCUT2D eigenvalue weighted by Gasteiger charge is 2.22. The fraction of sp³-hybridized carbons (Fsp3) is 0.615. The number of esters is 1. The van der Waals surface area contributed by atoms with E-state index in [2.05, 4.69) is 14.2 Å². The van der Waals surface area contributed by atoms with Gasteiger partial charge in [0.25, 0.3) is 0 Å². The van der Waals surface area contributed by atoms with Crippen molar-refractivity contribution < 1.29 is 27.9 Å². The maximum Gasteiger partial charge on any atom is 0.519 e. The van der Waals surface area contributed by atoms with Crippen LogP contribution in [-0.4, -0.2) is 23.7 Å². The summed E-state index contributed by atoms with van der Waals surface area (Å²) in [4.78, 5) is 34.0. The van der Waals surface area contributed by atoms with E-state index in [9.17, 15) is 14.4 Å². The Morgan fingerprint density at radius 3 is 2.38 bits per heavy atom. The predicted molar refractivity (Wildman–Crippen MR) is 70.6 cm³/mol. The summed E-state index contributed by atoms with van der Waals surface area (Å²) in [5, 5.41) is 2.34. The van der Waals surface area contributed by atoms with Gasteiger partial charge in [-0.25, -0.2) is 14.4 Å². The van der Waals surface area contributed by atoms with Gasteiger partial charge >= 0.3 is 17.9 Å². The van der Waals surface area contributed by atoms with Gasteiger partial charge in [0.15, 0.2) is 18.1 Å². The van der Waals surface area contributed by atoms with Crippen molar-refractivity contribution in [3.05, 3.63) is 22.1 Å². The minimum atomic E-state index is -0.904. The molecule has 0 unspecified atom stereocenters. The quantitative estimate of drug-likeness (QED) is 0.839. The zero-order valence-electron chi connectivity index (χ0n) is 12.6. The van der Waals surface area contributed by atoms with E-state index >= 15 is 0 Å². The van der Waals surface area contributed by atoms with E-state index < -0.39 is 29.5 Å². The van der Waals surface area contributed by atoms with E-state index in [1.807, 2.05) is 0 Å². The number of nitrogens with one attached hydrogen (secondary N) is 1. The lowest BCUT2D eigenvalue weighted by Gasteiger charge is -2.21. The molecule has 1 atom stereocenters. The highest BCUT2D eigenvalue weighted by atomic mass is 16.6. The van der Waals surface area contributed by atoms with E-state index in [-0.39, 0.29) is 18.1 Å². The van der Waals surface area contributed by atoms with Gasteiger partial charge in [0.05, 0.1) is 0 Å². The molecular formula is C13H19NO7. The number of rotatable bonds is 4. The smallest absolute Gasteiger partial charge is 0.456 e. The second-order valence-electron chi connectivity index (χ2n) is 5.41. The third kappa shape index (κ3) is 5.72. The standard InChI is InChI=1S/C13H19NO7/c1-7(14-11(16)21-13(3,4)5)10(15)18-6-9-8(2)19-12(17)20-9/h7H,6H2,1-5H3,(H,14,16)/t7-/m0/s1. The maximum atomic E-state index is 11.7. The zero-order chi connectivity index (χ0) is 16.2. The van der Waals surface area contributed by atoms with Gasteiger partial charge in [-0.2, -0.15) is 0 Å². The zero-order valence-corrected chi connectivity index (χ0v) is 12.6. The van der Waals surface area contributed by atoms with E-state index in [1.54, 1.807) is 20.8 Å². The van der Waals surface area contributed by atoms with E-state index in [0.717, 1.165) is 0 Å². The molecule has 0 aliphatic rings. The minimum Gasteiger partial charge on any atom is -0.456 e. The van der Waals surface area contributed by atoms with Crippen molar-refractivity contribution in [1.29, 1.82) is 0 Å². The highest BCUT2D eigenvalue weighted by molar-refractivity contribution is 5.80. The number of alkyl carbamates (subject to hydrolysis) is 1. The maximum absolute atomic E-state index is 11.7. The van der Waals surface area contributed by atoms with Gasteiger partial charge in [0.2, 0.25) is 0 Å². The highest BCUT2D eigenvalue weighted by Crippen LogP contribution is 2.08. The predicted octanol–water partition coefficient (Wildman–Crippen LogP) is 1.50. The van der Waals surface area contributed by atoms with E-state index in [1.165, 1.54) is 13.8 Å². The molecule has 0 aromatic carbocycles. The van der Waals surface area contributed by atoms with Crippen molar-refractivity contribution in [2.24, 2.45) is 0 Å². The Kier molecular flexibility index (Phi) is 5.17. The summed E-state index contributed by atoms with van der Waals surface area (Å²) in [5.41, 5.74) is -0.662. The summed E-state index contributed by atoms with van der Waals surface area (Å²) >= 11 is 0. The molecule has 0 aliphatic carbocycles. The largest absolute Gasteiger partial charge is 0.519 e. The molecule has 8 nitrogen and oxygen atoms in total. The summed E-state index contributed by atoms with van der Waals surface area (Å²) in [6.07, 6.45) is -0.724. The van der Waals surface area contributed by atoms with Crippen LogP contribution in [-0.2, 0) is 20.9 Å². The number of hydrogen-bond donors (Lipinski definition) is 1. The van der Waals surface area contributed by atoms with Crippen LogP contribution in [0.4, 0.5) is 4.79 Å². The molecule has 0 spiro atoms. The van der Waals surface area contributed by atoms with Crippen molar-refractivity contribution >= 4 is 12.1 Å². The lowest BCUT2D eigenvalue weighted by Crippen LogP contribution is -2.42. The number of ether oxygens (including phenoxy) is 2. The third-order valence-electron chi connectivity index (χ3n) is 2.27. The SMILES string of the molecule is Cc1oc(=O)oc1COC(=O)[C@H](C)NC(=O)OC(C)(C)C. The normalized spacial score (nSPS) is 12.6. The van der Waals surface area contributed by atoms with Gasteiger partial charge in [-0.05, 0) is 34.6 Å². The van der Waals surface area contributed by atoms with Crippen molar-refractivity contribution in [1.82, 2.24) is 5.32 Å². The van der Waals surface area contributed by atoms with Gasteiger partial charge in [-0.15, -0.1) is 0 Å². The van der Waals surface area contributed by atoms with Gasteiger partial charge in [-0.1, -0.05) is 0 Å². The average molecular weight is 301 g/mol. The molecule has 1 amide bonds. The second kappa shape index (κ2) is 6.47. The molecule has 0 fully saturated rings. The Balaban J connectivity index is 2.46. The van der Waals surface area contributed by atoms with E-state index in [0.29, 0.717) is 0 Å². The molecule has 21 heavy (non-hydrogen) atoms. The molecule has 1 aromatic rings. The molecule has 0 saturated heterocycles. The Bertz CT molecular complexity index is 564. The summed E-state index contributed by atoms with van der Waals surface area (Å²) < 4.78 is 19.2. The number of amides is 1. The molecule has 0 radical (unpaired) electrons. The van der Waals surface area contributed by atoms with Crippen LogP contribution in [0.25, 0.3) is 0 Å². The van der Waals surface area contributed by atoms with Gasteiger partial charge < -0.3 is 23.6 Å². The van der Waals surface area contributed by atoms with Crippen LogP contribution in [0.3, 0.4) is 0 Å². The monoisotopic (exact) mass is 301 g/mol. The number of carbonyl (C=O) groups is 2. The Morgan fingerprint density at radius 2 is 1.90 bits per heavy atom. The van der Waals surface area contributed by atoms with Crippen molar-refractivity contribution in [2.75, 3.05) is 0 Å².